The average molecular weight is 807 g/mol. The molecule has 0 aliphatic carbocycles. The maximum absolute atomic E-state index is 6.73. The fraction of sp³-hybridized carbons (Fsp3) is 0.333. The van der Waals surface area contributed by atoms with Crippen LogP contribution in [0.1, 0.15) is 93.1 Å². The van der Waals surface area contributed by atoms with Crippen LogP contribution in [0.15, 0.2) is 79.0 Å². The van der Waals surface area contributed by atoms with E-state index in [9.17, 15) is 0 Å². The van der Waals surface area contributed by atoms with Crippen molar-refractivity contribution in [3.05, 3.63) is 130 Å². The van der Waals surface area contributed by atoms with Gasteiger partial charge in [0.05, 0.1) is 5.69 Å². The Kier molecular flexibility index (Phi) is 11.7. The van der Waals surface area contributed by atoms with Crippen LogP contribution in [0.5, 0.6) is 11.5 Å². The number of aromatic nitrogens is 4. The van der Waals surface area contributed by atoms with E-state index in [0.29, 0.717) is 23.3 Å². The van der Waals surface area contributed by atoms with E-state index in [1.54, 1.807) is 0 Å². The first kappa shape index (κ1) is 39.2. The average Bonchev–Trinajstić information content (AvgIpc) is 3.60. The smallest absolute Gasteiger partial charge is 0.509 e. The summed E-state index contributed by atoms with van der Waals surface area (Å²) >= 11 is 0. The number of hydrogen-bond donors (Lipinski definition) is 0. The zero-order chi connectivity index (χ0) is 37.6. The number of aryl methyl sites for hydroxylation is 4. The number of para-hydroxylation sites is 1. The molecular weight excluding hydrogens is 755 g/mol. The minimum atomic E-state index is 0. The Morgan fingerprint density at radius 2 is 1.48 bits per heavy atom. The van der Waals surface area contributed by atoms with Crippen LogP contribution in [0, 0.1) is 51.7 Å². The molecule has 0 amide bonds. The molecule has 0 unspecified atom stereocenters. The number of pyridine rings is 1. The molecule has 3 heterocycles. The molecule has 0 aliphatic heterocycles. The van der Waals surface area contributed by atoms with E-state index in [0.717, 1.165) is 58.3 Å². The first-order valence-electron chi connectivity index (χ1n) is 19.2. The second-order valence-corrected chi connectivity index (χ2v) is 16.0. The van der Waals surface area contributed by atoms with Gasteiger partial charge in [-0.1, -0.05) is 83.0 Å². The Labute approximate surface area is 335 Å². The predicted molar refractivity (Wildman–Crippen MR) is 220 cm³/mol. The molecule has 0 fully saturated rings. The number of hydrogen-bond acceptors (Lipinski definition) is 3. The Bertz CT molecular complexity index is 2420. The van der Waals surface area contributed by atoms with Gasteiger partial charge in [-0.2, -0.15) is 11.2 Å². The predicted octanol–water partition coefficient (Wildman–Crippen LogP) is 12.6. The molecule has 0 radical (unpaired) electrons. The number of nitrogens with zero attached hydrogens (tertiary/aromatic N) is 4. The van der Waals surface area contributed by atoms with Crippen molar-refractivity contribution in [2.24, 2.45) is 11.8 Å². The van der Waals surface area contributed by atoms with Crippen molar-refractivity contribution in [1.82, 2.24) is 19.3 Å². The first-order valence-corrected chi connectivity index (χ1v) is 19.2. The largest absolute Gasteiger partial charge is 2.00 e. The van der Waals surface area contributed by atoms with Crippen molar-refractivity contribution in [3.63, 3.8) is 0 Å². The molecular formula is C48H52N4OPd. The van der Waals surface area contributed by atoms with Crippen LogP contribution < -0.4 is 4.74 Å². The van der Waals surface area contributed by atoms with Crippen molar-refractivity contribution in [1.29, 1.82) is 0 Å². The summed E-state index contributed by atoms with van der Waals surface area (Å²) in [7, 11) is 0. The molecule has 0 N–H and O–H groups in total. The third-order valence-corrected chi connectivity index (χ3v) is 10.2. The van der Waals surface area contributed by atoms with E-state index in [1.165, 1.54) is 44.6 Å². The Morgan fingerprint density at radius 3 is 2.19 bits per heavy atom. The number of fused-ring (bicyclic) bond motifs is 3. The minimum absolute atomic E-state index is 0. The molecule has 0 saturated carbocycles. The molecule has 280 valence electrons. The van der Waals surface area contributed by atoms with Gasteiger partial charge in [-0.15, -0.1) is 41.3 Å². The van der Waals surface area contributed by atoms with Crippen molar-refractivity contribution >= 4 is 21.8 Å². The molecule has 0 bridgehead atoms. The number of rotatable bonds is 11. The molecule has 3 aromatic heterocycles. The van der Waals surface area contributed by atoms with E-state index in [4.69, 9.17) is 14.8 Å². The van der Waals surface area contributed by atoms with Gasteiger partial charge in [0.1, 0.15) is 5.82 Å². The maximum Gasteiger partial charge on any atom is 2.00 e. The van der Waals surface area contributed by atoms with Gasteiger partial charge in [0.15, 0.2) is 0 Å². The standard InChI is InChI=1S/C48H52N4O.Pd/c1-29(2)15-18-44-48(47-33(8)22-32(7)23-34(47)9)35(10)50-52(44)38-25-37(31(5)6)26-40(27-38)53-39-16-17-42-41-13-11-12-14-43(41)51(45(42)28-39)46-24-36(19-20-49-46)21-30(3)4;/h11-14,16-17,19-20,22-26,29-31H,15,18,21H2,1-10H3;/q-2;+2. The third kappa shape index (κ3) is 7.83. The summed E-state index contributed by atoms with van der Waals surface area (Å²) in [4.78, 5) is 4.85. The van der Waals surface area contributed by atoms with Gasteiger partial charge in [-0.25, -0.2) is 4.98 Å². The van der Waals surface area contributed by atoms with Crippen molar-refractivity contribution in [2.75, 3.05) is 0 Å². The van der Waals surface area contributed by atoms with Crippen molar-refractivity contribution in [3.8, 4) is 34.1 Å². The maximum atomic E-state index is 6.73. The summed E-state index contributed by atoms with van der Waals surface area (Å²) in [6.07, 6.45) is 4.89. The molecule has 6 heteroatoms. The van der Waals surface area contributed by atoms with E-state index >= 15 is 0 Å². The molecule has 4 aromatic carbocycles. The zero-order valence-electron chi connectivity index (χ0n) is 33.4. The van der Waals surface area contributed by atoms with Gasteiger partial charge >= 0.3 is 20.4 Å². The molecule has 0 spiro atoms. The Balaban J connectivity index is 0.00000497. The van der Waals surface area contributed by atoms with Crippen LogP contribution in [-0.4, -0.2) is 19.3 Å². The van der Waals surface area contributed by atoms with Crippen LogP contribution in [-0.2, 0) is 33.3 Å². The fourth-order valence-corrected chi connectivity index (χ4v) is 7.85. The topological polar surface area (TPSA) is 44.9 Å². The van der Waals surface area contributed by atoms with Gasteiger partial charge in [-0.05, 0) is 116 Å². The molecule has 7 rings (SSSR count). The molecule has 0 aliphatic rings. The van der Waals surface area contributed by atoms with Crippen molar-refractivity contribution in [2.45, 2.75) is 94.4 Å². The van der Waals surface area contributed by atoms with Crippen LogP contribution >= 0.6 is 0 Å². The van der Waals surface area contributed by atoms with Gasteiger partial charge in [0, 0.05) is 34.5 Å². The second-order valence-electron chi connectivity index (χ2n) is 16.0. The van der Waals surface area contributed by atoms with Gasteiger partial charge < -0.3 is 9.30 Å². The van der Waals surface area contributed by atoms with Crippen LogP contribution in [0.25, 0.3) is 44.4 Å². The summed E-state index contributed by atoms with van der Waals surface area (Å²) < 4.78 is 11.1. The summed E-state index contributed by atoms with van der Waals surface area (Å²) in [5, 5.41) is 7.51. The summed E-state index contributed by atoms with van der Waals surface area (Å²) in [6, 6.07) is 33.2. The monoisotopic (exact) mass is 806 g/mol. The molecule has 54 heavy (non-hydrogen) atoms. The summed E-state index contributed by atoms with van der Waals surface area (Å²) in [5.41, 5.74) is 14.0. The van der Waals surface area contributed by atoms with Crippen LogP contribution in [0.3, 0.4) is 0 Å². The van der Waals surface area contributed by atoms with Gasteiger partial charge in [-0.3, -0.25) is 4.68 Å². The van der Waals surface area contributed by atoms with Crippen LogP contribution in [0.4, 0.5) is 0 Å². The Morgan fingerprint density at radius 1 is 0.741 bits per heavy atom. The zero-order valence-corrected chi connectivity index (χ0v) is 34.9. The molecule has 7 aromatic rings. The molecule has 0 saturated heterocycles. The van der Waals surface area contributed by atoms with Gasteiger partial charge in [0.2, 0.25) is 0 Å². The fourth-order valence-electron chi connectivity index (χ4n) is 7.85. The second kappa shape index (κ2) is 16.1. The van der Waals surface area contributed by atoms with Crippen molar-refractivity contribution < 1.29 is 25.2 Å². The Hall–Kier alpha value is -4.50. The third-order valence-electron chi connectivity index (χ3n) is 10.2. The summed E-state index contributed by atoms with van der Waals surface area (Å²) in [6.45, 7) is 22.3. The normalized spacial score (nSPS) is 11.7. The van der Waals surface area contributed by atoms with E-state index in [-0.39, 0.29) is 26.3 Å². The molecule has 5 nitrogen and oxygen atoms in total. The number of ether oxygens (including phenoxy) is 1. The quantitative estimate of drug-likeness (QED) is 0.0966. The minimum Gasteiger partial charge on any atom is -0.509 e. The summed E-state index contributed by atoms with van der Waals surface area (Å²) in [5.74, 6) is 3.56. The first-order chi connectivity index (χ1) is 25.4. The SMILES string of the molecule is Cc1cc(C)c(-c2c(C)nn(-c3[c-]c(Oc4[c-]c5c(cc4)c4ccccc4n5-c4cc(CC(C)C)ccn4)cc(C(C)C)c3)c2CCC(C)C)c(C)c1.[Pd+2]. The van der Waals surface area contributed by atoms with Crippen LogP contribution in [0.2, 0.25) is 0 Å². The van der Waals surface area contributed by atoms with Gasteiger partial charge in [0.25, 0.3) is 0 Å². The molecule has 0 atom stereocenters. The van der Waals surface area contributed by atoms with E-state index in [1.807, 2.05) is 12.3 Å². The van der Waals surface area contributed by atoms with E-state index < -0.39 is 0 Å². The number of benzene rings is 4. The van der Waals surface area contributed by atoms with E-state index in [2.05, 4.69) is 157 Å².